The summed E-state index contributed by atoms with van der Waals surface area (Å²) in [5.74, 6) is 0. The third-order valence-electron chi connectivity index (χ3n) is 1.59. The molecule has 1 saturated heterocycles. The van der Waals surface area contributed by atoms with Gasteiger partial charge in [0.1, 0.15) is 0 Å². The molecule has 0 aromatic carbocycles. The van der Waals surface area contributed by atoms with E-state index in [-0.39, 0.29) is 13.2 Å². The molecule has 1 fully saturated rings. The molecule has 1 rings (SSSR count). The molecule has 1 radical (unpaired) electrons. The summed E-state index contributed by atoms with van der Waals surface area (Å²) >= 11 is 0. The first-order valence-electron chi connectivity index (χ1n) is 3.10. The highest BCUT2D eigenvalue weighted by Crippen LogP contribution is 2.21. The summed E-state index contributed by atoms with van der Waals surface area (Å²) in [4.78, 5) is 0. The SMILES string of the molecule is OCC1(CO)CO[CH]OC1. The second-order valence-corrected chi connectivity index (χ2v) is 2.53. The molecule has 0 spiro atoms. The Morgan fingerprint density at radius 3 is 2.00 bits per heavy atom. The Hall–Kier alpha value is -0.160. The molecule has 1 aliphatic heterocycles. The van der Waals surface area contributed by atoms with Crippen LogP contribution in [0.4, 0.5) is 0 Å². The van der Waals surface area contributed by atoms with Gasteiger partial charge >= 0.3 is 0 Å². The van der Waals surface area contributed by atoms with Gasteiger partial charge < -0.3 is 19.7 Å². The van der Waals surface area contributed by atoms with E-state index in [4.69, 9.17) is 19.7 Å². The predicted octanol–water partition coefficient (Wildman–Crippen LogP) is -0.877. The minimum absolute atomic E-state index is 0.114. The standard InChI is InChI=1S/C6H11O4/c7-1-6(2-8)3-9-5-10-4-6/h5,7-8H,1-4H2. The lowest BCUT2D eigenvalue weighted by atomic mass is 9.92. The van der Waals surface area contributed by atoms with Crippen molar-refractivity contribution in [3.8, 4) is 0 Å². The van der Waals surface area contributed by atoms with Crippen molar-refractivity contribution < 1.29 is 19.7 Å². The average molecular weight is 147 g/mol. The van der Waals surface area contributed by atoms with Crippen LogP contribution in [0.1, 0.15) is 0 Å². The molecule has 0 atom stereocenters. The Bertz CT molecular complexity index is 91.9. The summed E-state index contributed by atoms with van der Waals surface area (Å²) in [6, 6.07) is 0. The lowest BCUT2D eigenvalue weighted by molar-refractivity contribution is -0.143. The van der Waals surface area contributed by atoms with Crippen molar-refractivity contribution in [2.75, 3.05) is 26.4 Å². The van der Waals surface area contributed by atoms with Crippen LogP contribution in [-0.4, -0.2) is 36.6 Å². The highest BCUT2D eigenvalue weighted by atomic mass is 16.7. The fourth-order valence-electron chi connectivity index (χ4n) is 0.744. The van der Waals surface area contributed by atoms with Gasteiger partial charge in [0, 0.05) is 0 Å². The average Bonchev–Trinajstić information content (AvgIpc) is 2.06. The van der Waals surface area contributed by atoms with E-state index in [0.29, 0.717) is 13.2 Å². The predicted molar refractivity (Wildman–Crippen MR) is 32.8 cm³/mol. The molecule has 10 heavy (non-hydrogen) atoms. The van der Waals surface area contributed by atoms with Gasteiger partial charge in [0.25, 0.3) is 0 Å². The molecule has 0 aromatic heterocycles. The van der Waals surface area contributed by atoms with Crippen LogP contribution in [0.2, 0.25) is 0 Å². The Morgan fingerprint density at radius 2 is 1.70 bits per heavy atom. The summed E-state index contributed by atoms with van der Waals surface area (Å²) in [5.41, 5.74) is -0.602. The van der Waals surface area contributed by atoms with E-state index in [2.05, 4.69) is 0 Å². The number of ether oxygens (including phenoxy) is 2. The first-order valence-corrected chi connectivity index (χ1v) is 3.10. The van der Waals surface area contributed by atoms with Gasteiger partial charge in [-0.05, 0) is 0 Å². The van der Waals surface area contributed by atoms with E-state index in [1.54, 1.807) is 0 Å². The Balaban J connectivity index is 2.44. The zero-order chi connectivity index (χ0) is 7.45. The summed E-state index contributed by atoms with van der Waals surface area (Å²) < 4.78 is 9.60. The first kappa shape index (κ1) is 7.94. The van der Waals surface area contributed by atoms with Crippen molar-refractivity contribution in [3.63, 3.8) is 0 Å². The van der Waals surface area contributed by atoms with E-state index in [0.717, 1.165) is 0 Å². The van der Waals surface area contributed by atoms with Crippen molar-refractivity contribution >= 4 is 0 Å². The molecule has 59 valence electrons. The van der Waals surface area contributed by atoms with E-state index in [1.807, 2.05) is 0 Å². The molecule has 1 aliphatic rings. The van der Waals surface area contributed by atoms with Crippen LogP contribution < -0.4 is 0 Å². The highest BCUT2D eigenvalue weighted by Gasteiger charge is 2.32. The molecule has 0 saturated carbocycles. The van der Waals surface area contributed by atoms with Crippen LogP contribution in [0.5, 0.6) is 0 Å². The Kier molecular flexibility index (Phi) is 2.62. The number of hydrogen-bond donors (Lipinski definition) is 2. The minimum Gasteiger partial charge on any atom is -0.396 e. The summed E-state index contributed by atoms with van der Waals surface area (Å²) in [5, 5.41) is 17.6. The third-order valence-corrected chi connectivity index (χ3v) is 1.59. The molecular weight excluding hydrogens is 136 g/mol. The third kappa shape index (κ3) is 1.46. The smallest absolute Gasteiger partial charge is 0.209 e. The Labute approximate surface area is 59.4 Å². The minimum atomic E-state index is -0.602. The van der Waals surface area contributed by atoms with Gasteiger partial charge in [-0.3, -0.25) is 0 Å². The van der Waals surface area contributed by atoms with E-state index >= 15 is 0 Å². The number of hydrogen-bond acceptors (Lipinski definition) is 4. The zero-order valence-electron chi connectivity index (χ0n) is 5.62. The fourth-order valence-corrected chi connectivity index (χ4v) is 0.744. The molecule has 1 heterocycles. The Morgan fingerprint density at radius 1 is 1.20 bits per heavy atom. The van der Waals surface area contributed by atoms with Crippen LogP contribution in [0.15, 0.2) is 0 Å². The molecule has 0 bridgehead atoms. The van der Waals surface area contributed by atoms with Gasteiger partial charge in [0.2, 0.25) is 6.79 Å². The van der Waals surface area contributed by atoms with Gasteiger partial charge in [0.15, 0.2) is 0 Å². The normalized spacial score (nSPS) is 24.6. The van der Waals surface area contributed by atoms with Gasteiger partial charge in [-0.25, -0.2) is 0 Å². The lowest BCUT2D eigenvalue weighted by Gasteiger charge is -2.32. The van der Waals surface area contributed by atoms with Crippen LogP contribution in [0, 0.1) is 12.2 Å². The van der Waals surface area contributed by atoms with Crippen LogP contribution in [-0.2, 0) is 9.47 Å². The largest absolute Gasteiger partial charge is 0.396 e. The van der Waals surface area contributed by atoms with Crippen molar-refractivity contribution in [2.24, 2.45) is 5.41 Å². The lowest BCUT2D eigenvalue weighted by Crippen LogP contribution is -2.42. The van der Waals surface area contributed by atoms with Crippen LogP contribution >= 0.6 is 0 Å². The van der Waals surface area contributed by atoms with Gasteiger partial charge in [-0.2, -0.15) is 0 Å². The maximum absolute atomic E-state index is 8.81. The van der Waals surface area contributed by atoms with Crippen molar-refractivity contribution in [1.29, 1.82) is 0 Å². The van der Waals surface area contributed by atoms with E-state index < -0.39 is 5.41 Å². The maximum Gasteiger partial charge on any atom is 0.209 e. The maximum atomic E-state index is 8.81. The quantitative estimate of drug-likeness (QED) is 0.532. The number of aliphatic hydroxyl groups excluding tert-OH is 2. The second-order valence-electron chi connectivity index (χ2n) is 2.53. The first-order chi connectivity index (χ1) is 4.83. The molecule has 0 aliphatic carbocycles. The molecular formula is C6H11O4. The molecule has 0 aromatic rings. The fraction of sp³-hybridized carbons (Fsp3) is 0.833. The topological polar surface area (TPSA) is 58.9 Å². The second kappa shape index (κ2) is 3.30. The highest BCUT2D eigenvalue weighted by molar-refractivity contribution is 4.79. The van der Waals surface area contributed by atoms with Gasteiger partial charge in [-0.1, -0.05) is 0 Å². The molecule has 0 amide bonds. The van der Waals surface area contributed by atoms with Crippen molar-refractivity contribution in [1.82, 2.24) is 0 Å². The number of aliphatic hydroxyl groups is 2. The van der Waals surface area contributed by atoms with Crippen molar-refractivity contribution in [3.05, 3.63) is 6.79 Å². The van der Waals surface area contributed by atoms with E-state index in [1.165, 1.54) is 6.79 Å². The molecule has 4 nitrogen and oxygen atoms in total. The molecule has 2 N–H and O–H groups in total. The number of rotatable bonds is 2. The van der Waals surface area contributed by atoms with Crippen LogP contribution in [0.3, 0.4) is 0 Å². The van der Waals surface area contributed by atoms with Gasteiger partial charge in [-0.15, -0.1) is 0 Å². The zero-order valence-corrected chi connectivity index (χ0v) is 5.62. The molecule has 4 heteroatoms. The van der Waals surface area contributed by atoms with Gasteiger partial charge in [0.05, 0.1) is 31.8 Å². The summed E-state index contributed by atoms with van der Waals surface area (Å²) in [7, 11) is 0. The summed E-state index contributed by atoms with van der Waals surface area (Å²) in [6.07, 6.45) is 0. The van der Waals surface area contributed by atoms with Crippen molar-refractivity contribution in [2.45, 2.75) is 0 Å². The summed E-state index contributed by atoms with van der Waals surface area (Å²) in [6.45, 7) is 1.64. The monoisotopic (exact) mass is 147 g/mol. The van der Waals surface area contributed by atoms with Crippen LogP contribution in [0.25, 0.3) is 0 Å². The van der Waals surface area contributed by atoms with E-state index in [9.17, 15) is 0 Å². The molecule has 0 unspecified atom stereocenters.